The average Bonchev–Trinajstić information content (AvgIpc) is 2.19. The summed E-state index contributed by atoms with van der Waals surface area (Å²) in [4.78, 5) is 21.0. The second kappa shape index (κ2) is 4.86. The van der Waals surface area contributed by atoms with Gasteiger partial charge in [-0.15, -0.1) is 0 Å². The van der Waals surface area contributed by atoms with Gasteiger partial charge in [0.2, 0.25) is 0 Å². The Morgan fingerprint density at radius 2 is 2.06 bits per heavy atom. The number of nitro groups is 1. The van der Waals surface area contributed by atoms with E-state index < -0.39 is 23.0 Å². The molecule has 1 aromatic carbocycles. The summed E-state index contributed by atoms with van der Waals surface area (Å²) in [7, 11) is 0. The van der Waals surface area contributed by atoms with Crippen LogP contribution < -0.4 is 4.74 Å². The molecule has 5 nitrogen and oxygen atoms in total. The average molecular weight is 245 g/mol. The van der Waals surface area contributed by atoms with Crippen LogP contribution in [0.2, 0.25) is 0 Å². The van der Waals surface area contributed by atoms with E-state index in [0.29, 0.717) is 0 Å². The van der Waals surface area contributed by atoms with Crippen molar-refractivity contribution in [1.29, 1.82) is 0 Å². The molecule has 1 rings (SSSR count). The summed E-state index contributed by atoms with van der Waals surface area (Å²) < 4.78 is 28.3. The lowest BCUT2D eigenvalue weighted by Gasteiger charge is -2.09. The first-order valence-electron chi connectivity index (χ1n) is 4.57. The fourth-order valence-corrected chi connectivity index (χ4v) is 1.28. The third kappa shape index (κ3) is 2.96. The molecule has 0 fully saturated rings. The number of Topliss-reactive ketones (excluding diaryl/α,β-unsaturated/α-hetero) is 1. The van der Waals surface area contributed by atoms with Gasteiger partial charge in [-0.05, 0) is 19.9 Å². The fourth-order valence-electron chi connectivity index (χ4n) is 1.28. The first kappa shape index (κ1) is 13.0. The van der Waals surface area contributed by atoms with E-state index in [-0.39, 0.29) is 16.9 Å². The van der Waals surface area contributed by atoms with Gasteiger partial charge < -0.3 is 4.74 Å². The molecule has 0 N–H and O–H groups in total. The normalized spacial score (nSPS) is 10.4. The second-order valence-corrected chi connectivity index (χ2v) is 3.31. The topological polar surface area (TPSA) is 69.4 Å². The van der Waals surface area contributed by atoms with Crippen LogP contribution in [-0.2, 0) is 0 Å². The van der Waals surface area contributed by atoms with Gasteiger partial charge in [-0.25, -0.2) is 0 Å². The van der Waals surface area contributed by atoms with E-state index in [9.17, 15) is 23.7 Å². The van der Waals surface area contributed by atoms with E-state index in [0.717, 1.165) is 12.1 Å². The summed E-state index contributed by atoms with van der Waals surface area (Å²) in [5.41, 5.74) is -0.508. The molecule has 0 spiro atoms. The van der Waals surface area contributed by atoms with E-state index in [2.05, 4.69) is 4.74 Å². The molecule has 0 aliphatic carbocycles. The maximum atomic E-state index is 12.1. The SMILES string of the molecule is CC(=O)c1cc(OC(F)F)c(C)c([N+](=O)[O-])c1. The number of nitro benzene ring substituents is 1. The van der Waals surface area contributed by atoms with Gasteiger partial charge in [0.15, 0.2) is 5.78 Å². The predicted molar refractivity (Wildman–Crippen MR) is 54.5 cm³/mol. The number of halogens is 2. The number of benzene rings is 1. The van der Waals surface area contributed by atoms with E-state index in [4.69, 9.17) is 0 Å². The number of carbonyl (C=O) groups excluding carboxylic acids is 1. The van der Waals surface area contributed by atoms with Crippen LogP contribution in [0.15, 0.2) is 12.1 Å². The summed E-state index contributed by atoms with van der Waals surface area (Å²) in [6, 6.07) is 2.10. The lowest BCUT2D eigenvalue weighted by molar-refractivity contribution is -0.385. The molecule has 0 heterocycles. The maximum Gasteiger partial charge on any atom is 0.387 e. The van der Waals surface area contributed by atoms with Gasteiger partial charge in [-0.2, -0.15) is 8.78 Å². The van der Waals surface area contributed by atoms with Gasteiger partial charge in [-0.1, -0.05) is 0 Å². The smallest absolute Gasteiger partial charge is 0.387 e. The molecule has 0 radical (unpaired) electrons. The van der Waals surface area contributed by atoms with Crippen molar-refractivity contribution in [2.75, 3.05) is 0 Å². The van der Waals surface area contributed by atoms with Crippen molar-refractivity contribution >= 4 is 11.5 Å². The Hall–Kier alpha value is -2.05. The molecule has 92 valence electrons. The van der Waals surface area contributed by atoms with Crippen LogP contribution in [-0.4, -0.2) is 17.3 Å². The lowest BCUT2D eigenvalue weighted by Crippen LogP contribution is -2.06. The highest BCUT2D eigenvalue weighted by Crippen LogP contribution is 2.30. The molecule has 1 aromatic rings. The zero-order valence-corrected chi connectivity index (χ0v) is 9.07. The van der Waals surface area contributed by atoms with Crippen molar-refractivity contribution in [1.82, 2.24) is 0 Å². The van der Waals surface area contributed by atoms with Gasteiger partial charge >= 0.3 is 6.61 Å². The standard InChI is InChI=1S/C10H9F2NO4/c1-5-8(13(15)16)3-7(6(2)14)4-9(5)17-10(11)12/h3-4,10H,1-2H3. The minimum absolute atomic E-state index is 0.0414. The summed E-state index contributed by atoms with van der Waals surface area (Å²) in [6.45, 7) is -0.643. The number of nitrogens with zero attached hydrogens (tertiary/aromatic N) is 1. The van der Waals surface area contributed by atoms with Crippen molar-refractivity contribution in [2.45, 2.75) is 20.5 Å². The molecule has 0 atom stereocenters. The number of ether oxygens (including phenoxy) is 1. The molecule has 0 amide bonds. The summed E-state index contributed by atoms with van der Waals surface area (Å²) in [6.07, 6.45) is 0. The minimum Gasteiger partial charge on any atom is -0.434 e. The van der Waals surface area contributed by atoms with Crippen LogP contribution in [0.25, 0.3) is 0 Å². The Bertz CT molecular complexity index is 474. The summed E-state index contributed by atoms with van der Waals surface area (Å²) in [5, 5.41) is 10.7. The first-order chi connectivity index (χ1) is 7.82. The second-order valence-electron chi connectivity index (χ2n) is 3.31. The molecule has 0 unspecified atom stereocenters. The Morgan fingerprint density at radius 3 is 2.47 bits per heavy atom. The van der Waals surface area contributed by atoms with Crippen molar-refractivity contribution in [2.24, 2.45) is 0 Å². The van der Waals surface area contributed by atoms with Gasteiger partial charge in [-0.3, -0.25) is 14.9 Å². The van der Waals surface area contributed by atoms with Gasteiger partial charge in [0.1, 0.15) is 5.75 Å². The monoisotopic (exact) mass is 245 g/mol. The number of hydrogen-bond donors (Lipinski definition) is 0. The molecule has 0 aliphatic rings. The molecule has 7 heteroatoms. The van der Waals surface area contributed by atoms with Gasteiger partial charge in [0.05, 0.1) is 10.5 Å². The molecular formula is C10H9F2NO4. The predicted octanol–water partition coefficient (Wildman–Crippen LogP) is 2.71. The molecule has 0 aromatic heterocycles. The van der Waals surface area contributed by atoms with E-state index in [1.807, 2.05) is 0 Å². The number of rotatable bonds is 4. The van der Waals surface area contributed by atoms with Crippen LogP contribution in [0.3, 0.4) is 0 Å². The third-order valence-corrected chi connectivity index (χ3v) is 2.15. The lowest BCUT2D eigenvalue weighted by atomic mass is 10.1. The number of alkyl halides is 2. The van der Waals surface area contributed by atoms with E-state index >= 15 is 0 Å². The van der Waals surface area contributed by atoms with Crippen molar-refractivity contribution in [3.63, 3.8) is 0 Å². The number of ketones is 1. The molecule has 0 aliphatic heterocycles. The fraction of sp³-hybridized carbons (Fsp3) is 0.300. The van der Waals surface area contributed by atoms with Crippen LogP contribution in [0.1, 0.15) is 22.8 Å². The molecule has 17 heavy (non-hydrogen) atoms. The highest BCUT2D eigenvalue weighted by atomic mass is 19.3. The maximum absolute atomic E-state index is 12.1. The third-order valence-electron chi connectivity index (χ3n) is 2.15. The van der Waals surface area contributed by atoms with Crippen LogP contribution >= 0.6 is 0 Å². The zero-order valence-electron chi connectivity index (χ0n) is 9.07. The largest absolute Gasteiger partial charge is 0.434 e. The van der Waals surface area contributed by atoms with Crippen LogP contribution in [0.4, 0.5) is 14.5 Å². The van der Waals surface area contributed by atoms with Gasteiger partial charge in [0, 0.05) is 11.6 Å². The zero-order chi connectivity index (χ0) is 13.2. The number of carbonyl (C=O) groups is 1. The van der Waals surface area contributed by atoms with Crippen molar-refractivity contribution < 1.29 is 23.2 Å². The molecule has 0 bridgehead atoms. The highest BCUT2D eigenvalue weighted by Gasteiger charge is 2.20. The number of hydrogen-bond acceptors (Lipinski definition) is 4. The van der Waals surface area contributed by atoms with Crippen LogP contribution in [0, 0.1) is 17.0 Å². The van der Waals surface area contributed by atoms with Crippen molar-refractivity contribution in [3.8, 4) is 5.75 Å². The minimum atomic E-state index is -3.10. The van der Waals surface area contributed by atoms with Crippen LogP contribution in [0.5, 0.6) is 5.75 Å². The Morgan fingerprint density at radius 1 is 1.47 bits per heavy atom. The Kier molecular flexibility index (Phi) is 3.72. The summed E-state index contributed by atoms with van der Waals surface area (Å²) in [5.74, 6) is -0.827. The van der Waals surface area contributed by atoms with E-state index in [1.165, 1.54) is 13.8 Å². The quantitative estimate of drug-likeness (QED) is 0.464. The van der Waals surface area contributed by atoms with E-state index in [1.54, 1.807) is 0 Å². The molecule has 0 saturated heterocycles. The molecular weight excluding hydrogens is 236 g/mol. The van der Waals surface area contributed by atoms with Gasteiger partial charge in [0.25, 0.3) is 5.69 Å². The summed E-state index contributed by atoms with van der Waals surface area (Å²) >= 11 is 0. The van der Waals surface area contributed by atoms with Crippen molar-refractivity contribution in [3.05, 3.63) is 33.4 Å². The Labute approximate surface area is 95.2 Å². The highest BCUT2D eigenvalue weighted by molar-refractivity contribution is 5.95. The Balaban J connectivity index is 3.37. The first-order valence-corrected chi connectivity index (χ1v) is 4.57. The molecule has 0 saturated carbocycles.